The molecule has 1 saturated heterocycles. The molecule has 0 atom stereocenters. The fourth-order valence-electron chi connectivity index (χ4n) is 5.04. The molecule has 160 valence electrons. The highest BCUT2D eigenvalue weighted by molar-refractivity contribution is 6.46. The lowest BCUT2D eigenvalue weighted by molar-refractivity contribution is 0.00469. The van der Waals surface area contributed by atoms with Gasteiger partial charge in [-0.3, -0.25) is 9.78 Å². The SMILES string of the molecule is BC1(B)CC(F)(CNCc2ccc(C)cn2)CC(B)(B)N1C(=O)c1ccc(F)c(Cl)c1. The third kappa shape index (κ3) is 5.35. The summed E-state index contributed by atoms with van der Waals surface area (Å²) in [5.41, 5.74) is 0.735. The molecule has 4 nitrogen and oxygen atoms in total. The molecule has 1 amide bonds. The number of pyridine rings is 1. The van der Waals surface area contributed by atoms with Crippen LogP contribution in [-0.2, 0) is 6.54 Å². The maximum Gasteiger partial charge on any atom is 0.252 e. The van der Waals surface area contributed by atoms with Crippen molar-refractivity contribution in [3.63, 3.8) is 0 Å². The molecule has 1 fully saturated rings. The van der Waals surface area contributed by atoms with Crippen molar-refractivity contribution in [2.45, 2.75) is 42.7 Å². The fraction of sp³-hybridized carbons (Fsp3) is 0.400. The number of aryl methyl sites for hydroxylation is 1. The van der Waals surface area contributed by atoms with Gasteiger partial charge in [-0.1, -0.05) is 17.7 Å². The van der Waals surface area contributed by atoms with Crippen LogP contribution in [0.15, 0.2) is 36.5 Å². The standard InChI is InChI=1S/C20H26B4ClF2N3O/c1-12-2-4-14(29-7-12)8-28-11-18(27)9-19(21,22)30(20(23,24)10-18)17(31)13-3-5-16(26)15(25)6-13/h2-7,28H,8-11,21-24H2,1H3. The second kappa shape index (κ2) is 8.62. The summed E-state index contributed by atoms with van der Waals surface area (Å²) in [4.78, 5) is 19.4. The predicted octanol–water partition coefficient (Wildman–Crippen LogP) is -0.243. The molecule has 0 spiro atoms. The van der Waals surface area contributed by atoms with Gasteiger partial charge in [0.1, 0.15) is 42.9 Å². The Hall–Kier alpha value is -1.79. The number of aromatic nitrogens is 1. The van der Waals surface area contributed by atoms with Crippen LogP contribution in [0.4, 0.5) is 8.78 Å². The van der Waals surface area contributed by atoms with Crippen LogP contribution in [0.3, 0.4) is 0 Å². The van der Waals surface area contributed by atoms with Crippen molar-refractivity contribution in [3.8, 4) is 0 Å². The molecule has 11 heteroatoms. The minimum Gasteiger partial charge on any atom is -0.359 e. The van der Waals surface area contributed by atoms with E-state index < -0.39 is 22.2 Å². The zero-order valence-corrected chi connectivity index (χ0v) is 19.5. The van der Waals surface area contributed by atoms with Gasteiger partial charge in [0.05, 0.1) is 10.7 Å². The molecule has 0 aliphatic carbocycles. The molecule has 3 rings (SSSR count). The van der Waals surface area contributed by atoms with E-state index in [9.17, 15) is 9.18 Å². The topological polar surface area (TPSA) is 45.2 Å². The largest absolute Gasteiger partial charge is 0.359 e. The second-order valence-corrected chi connectivity index (χ2v) is 10.2. The molecular formula is C20H26B4ClF2N3O. The summed E-state index contributed by atoms with van der Waals surface area (Å²) in [6.07, 6.45) is 2.15. The van der Waals surface area contributed by atoms with Crippen LogP contribution in [0.2, 0.25) is 5.02 Å². The van der Waals surface area contributed by atoms with Gasteiger partial charge < -0.3 is 10.2 Å². The molecule has 0 unspecified atom stereocenters. The van der Waals surface area contributed by atoms with Crippen molar-refractivity contribution in [1.29, 1.82) is 0 Å². The first-order chi connectivity index (χ1) is 14.3. The van der Waals surface area contributed by atoms with Crippen LogP contribution in [-0.4, -0.2) is 70.1 Å². The Morgan fingerprint density at radius 3 is 2.39 bits per heavy atom. The zero-order chi connectivity index (χ0) is 23.0. The summed E-state index contributed by atoms with van der Waals surface area (Å²) in [5.74, 6) is -0.858. The van der Waals surface area contributed by atoms with E-state index in [0.717, 1.165) is 11.3 Å². The number of carbonyl (C=O) groups excluding carboxylic acids is 1. The lowest BCUT2D eigenvalue weighted by atomic mass is 9.44. The van der Waals surface area contributed by atoms with Gasteiger partial charge in [-0.05, 0) is 60.3 Å². The summed E-state index contributed by atoms with van der Waals surface area (Å²) in [6, 6.07) is 7.84. The van der Waals surface area contributed by atoms with E-state index in [2.05, 4.69) is 10.3 Å². The summed E-state index contributed by atoms with van der Waals surface area (Å²) < 4.78 is 29.5. The highest BCUT2D eigenvalue weighted by atomic mass is 35.5. The van der Waals surface area contributed by atoms with Crippen molar-refractivity contribution >= 4 is 48.9 Å². The molecular weight excluding hydrogens is 415 g/mol. The van der Waals surface area contributed by atoms with Crippen molar-refractivity contribution in [1.82, 2.24) is 15.2 Å². The van der Waals surface area contributed by atoms with Gasteiger partial charge in [0.25, 0.3) is 5.91 Å². The summed E-state index contributed by atoms with van der Waals surface area (Å²) in [6.45, 7) is 2.61. The molecule has 1 aromatic carbocycles. The van der Waals surface area contributed by atoms with Crippen molar-refractivity contribution in [3.05, 3.63) is 64.2 Å². The monoisotopic (exact) mass is 441 g/mol. The van der Waals surface area contributed by atoms with E-state index in [-0.39, 0.29) is 30.3 Å². The number of hydrogen-bond donors (Lipinski definition) is 1. The average Bonchev–Trinajstić information content (AvgIpc) is 2.63. The highest BCUT2D eigenvalue weighted by Gasteiger charge is 2.53. The number of carbonyl (C=O) groups is 1. The first-order valence-electron chi connectivity index (χ1n) is 10.4. The van der Waals surface area contributed by atoms with Gasteiger partial charge >= 0.3 is 0 Å². The van der Waals surface area contributed by atoms with Crippen molar-refractivity contribution < 1.29 is 13.6 Å². The normalized spacial score (nSPS) is 19.2. The average molecular weight is 441 g/mol. The zero-order valence-electron chi connectivity index (χ0n) is 18.7. The molecule has 0 bridgehead atoms. The number of nitrogens with one attached hydrogen (secondary N) is 1. The Kier molecular flexibility index (Phi) is 6.64. The van der Waals surface area contributed by atoms with Crippen LogP contribution in [0.1, 0.15) is 34.5 Å². The molecule has 1 aromatic heterocycles. The van der Waals surface area contributed by atoms with Gasteiger partial charge in [-0.15, -0.1) is 0 Å². The van der Waals surface area contributed by atoms with Crippen LogP contribution >= 0.6 is 11.6 Å². The lowest BCUT2D eigenvalue weighted by Gasteiger charge is -2.58. The number of amides is 1. The Labute approximate surface area is 191 Å². The van der Waals surface area contributed by atoms with E-state index in [1.165, 1.54) is 18.2 Å². The van der Waals surface area contributed by atoms with E-state index in [1.54, 1.807) is 11.1 Å². The third-order valence-corrected chi connectivity index (χ3v) is 6.09. The Morgan fingerprint density at radius 1 is 1.19 bits per heavy atom. The molecule has 2 aromatic rings. The van der Waals surface area contributed by atoms with Gasteiger partial charge in [-0.25, -0.2) is 8.78 Å². The van der Waals surface area contributed by atoms with E-state index in [4.69, 9.17) is 11.6 Å². The second-order valence-electron chi connectivity index (χ2n) is 9.83. The highest BCUT2D eigenvalue weighted by Crippen LogP contribution is 2.41. The summed E-state index contributed by atoms with van der Waals surface area (Å²) >= 11 is 5.88. The molecule has 1 N–H and O–H groups in total. The van der Waals surface area contributed by atoms with Crippen LogP contribution in [0.25, 0.3) is 0 Å². The van der Waals surface area contributed by atoms with Crippen LogP contribution in [0, 0.1) is 12.7 Å². The van der Waals surface area contributed by atoms with Crippen LogP contribution in [0.5, 0.6) is 0 Å². The van der Waals surface area contributed by atoms with E-state index >= 15 is 4.39 Å². The number of hydrogen-bond acceptors (Lipinski definition) is 3. The summed E-state index contributed by atoms with van der Waals surface area (Å²) in [5, 5.41) is 1.59. The maximum atomic E-state index is 16.0. The van der Waals surface area contributed by atoms with Crippen molar-refractivity contribution in [2.24, 2.45) is 0 Å². The first-order valence-corrected chi connectivity index (χ1v) is 10.8. The van der Waals surface area contributed by atoms with E-state index in [1.807, 2.05) is 50.4 Å². The van der Waals surface area contributed by atoms with Gasteiger partial charge in [-0.2, -0.15) is 0 Å². The maximum absolute atomic E-state index is 16.0. The molecule has 1 aliphatic heterocycles. The first kappa shape index (κ1) is 23.9. The molecule has 2 heterocycles. The van der Waals surface area contributed by atoms with Gasteiger partial charge in [0, 0.05) is 24.8 Å². The lowest BCUT2D eigenvalue weighted by Crippen LogP contribution is -2.72. The molecule has 31 heavy (non-hydrogen) atoms. The summed E-state index contributed by atoms with van der Waals surface area (Å²) in [7, 11) is 7.47. The Bertz CT molecular complexity index is 957. The smallest absolute Gasteiger partial charge is 0.252 e. The minimum absolute atomic E-state index is 0.104. The Morgan fingerprint density at radius 2 is 1.84 bits per heavy atom. The molecule has 1 aliphatic rings. The number of halogens is 3. The Balaban J connectivity index is 1.75. The number of rotatable bonds is 5. The third-order valence-electron chi connectivity index (χ3n) is 5.80. The van der Waals surface area contributed by atoms with Gasteiger partial charge in [0.15, 0.2) is 0 Å². The van der Waals surface area contributed by atoms with Crippen LogP contribution < -0.4 is 5.32 Å². The number of alkyl halides is 1. The van der Waals surface area contributed by atoms with Gasteiger partial charge in [0.2, 0.25) is 0 Å². The molecule has 0 saturated carbocycles. The predicted molar refractivity (Wildman–Crippen MR) is 131 cm³/mol. The van der Waals surface area contributed by atoms with Crippen molar-refractivity contribution in [2.75, 3.05) is 6.54 Å². The number of nitrogens with zero attached hydrogens (tertiary/aromatic N) is 2. The molecule has 0 radical (unpaired) electrons. The fourth-order valence-corrected chi connectivity index (χ4v) is 5.22. The quantitative estimate of drug-likeness (QED) is 0.652. The number of benzene rings is 1. The number of likely N-dealkylation sites (tertiary alicyclic amines) is 1. The number of piperidine rings is 1. The van der Waals surface area contributed by atoms with E-state index in [0.29, 0.717) is 12.1 Å². The minimum atomic E-state index is -1.49.